The number of hydrogen-bond donors (Lipinski definition) is 1. The van der Waals surface area contributed by atoms with Crippen LogP contribution < -0.4 is 10.1 Å². The molecule has 0 fully saturated rings. The second kappa shape index (κ2) is 7.30. The van der Waals surface area contributed by atoms with Gasteiger partial charge in [0.15, 0.2) is 11.6 Å². The molecule has 3 nitrogen and oxygen atoms in total. The topological polar surface area (TPSA) is 38.3 Å². The van der Waals surface area contributed by atoms with Crippen LogP contribution in [0.2, 0.25) is 0 Å². The van der Waals surface area contributed by atoms with E-state index in [0.29, 0.717) is 5.56 Å². The number of aryl methyl sites for hydroxylation is 1. The molecule has 0 bridgehead atoms. The lowest BCUT2D eigenvalue weighted by Gasteiger charge is -2.25. The summed E-state index contributed by atoms with van der Waals surface area (Å²) < 4.78 is 18.5. The minimum absolute atomic E-state index is 0.0414. The fourth-order valence-corrected chi connectivity index (χ4v) is 3.08. The highest BCUT2D eigenvalue weighted by molar-refractivity contribution is 5.92. The van der Waals surface area contributed by atoms with Gasteiger partial charge >= 0.3 is 0 Å². The van der Waals surface area contributed by atoms with E-state index in [0.717, 1.165) is 19.3 Å². The average molecular weight is 325 g/mol. The van der Waals surface area contributed by atoms with Gasteiger partial charge in [0.05, 0.1) is 13.2 Å². The summed E-state index contributed by atoms with van der Waals surface area (Å²) in [4.78, 5) is 12.2. The second-order valence-corrected chi connectivity index (χ2v) is 5.88. The maximum atomic E-state index is 13.7. The summed E-state index contributed by atoms with van der Waals surface area (Å²) in [6.07, 6.45) is 6.11. The van der Waals surface area contributed by atoms with Crippen molar-refractivity contribution in [1.29, 1.82) is 0 Å². The first-order valence-corrected chi connectivity index (χ1v) is 8.07. The summed E-state index contributed by atoms with van der Waals surface area (Å²) in [6, 6.07) is 12.9. The van der Waals surface area contributed by atoms with Gasteiger partial charge in [0.2, 0.25) is 5.91 Å². The molecule has 2 aromatic rings. The normalized spacial score (nSPS) is 16.7. The third-order valence-corrected chi connectivity index (χ3v) is 4.29. The van der Waals surface area contributed by atoms with Gasteiger partial charge in [0.25, 0.3) is 0 Å². The summed E-state index contributed by atoms with van der Waals surface area (Å²) in [5, 5.41) is 3.04. The van der Waals surface area contributed by atoms with Gasteiger partial charge in [-0.3, -0.25) is 4.79 Å². The molecule has 1 N–H and O–H groups in total. The molecule has 0 spiro atoms. The van der Waals surface area contributed by atoms with E-state index in [4.69, 9.17) is 4.74 Å². The molecule has 0 saturated heterocycles. The van der Waals surface area contributed by atoms with Crippen LogP contribution in [0.25, 0.3) is 6.08 Å². The summed E-state index contributed by atoms with van der Waals surface area (Å²) in [7, 11) is 1.42. The third kappa shape index (κ3) is 3.65. The second-order valence-electron chi connectivity index (χ2n) is 5.88. The van der Waals surface area contributed by atoms with Gasteiger partial charge in [-0.2, -0.15) is 0 Å². The van der Waals surface area contributed by atoms with Crippen molar-refractivity contribution in [2.24, 2.45) is 0 Å². The number of carbonyl (C=O) groups excluding carboxylic acids is 1. The van der Waals surface area contributed by atoms with E-state index in [1.807, 2.05) is 12.1 Å². The molecular formula is C20H20FNO2. The molecule has 3 rings (SSSR count). The minimum atomic E-state index is -0.443. The molecule has 0 heterocycles. The Balaban J connectivity index is 1.67. The lowest BCUT2D eigenvalue weighted by atomic mass is 9.88. The molecule has 1 amide bonds. The minimum Gasteiger partial charge on any atom is -0.494 e. The average Bonchev–Trinajstić information content (AvgIpc) is 2.60. The lowest BCUT2D eigenvalue weighted by molar-refractivity contribution is -0.117. The quantitative estimate of drug-likeness (QED) is 0.862. The number of nitrogens with one attached hydrogen (secondary N) is 1. The number of benzene rings is 2. The Hall–Kier alpha value is -2.62. The number of hydrogen-bond acceptors (Lipinski definition) is 2. The van der Waals surface area contributed by atoms with E-state index in [-0.39, 0.29) is 17.7 Å². The standard InChI is InChI=1S/C20H20FNO2/c1-24-19-11-9-14(13-17(19)21)10-12-20(23)22-18-8-4-6-15-5-2-3-7-16(15)18/h2-3,5,7,9-13,18H,4,6,8H2,1H3,(H,22,23)/b12-10+/t18-/m1/s1. The van der Waals surface area contributed by atoms with Crippen LogP contribution in [-0.2, 0) is 11.2 Å². The number of amides is 1. The highest BCUT2D eigenvalue weighted by Crippen LogP contribution is 2.29. The smallest absolute Gasteiger partial charge is 0.244 e. The van der Waals surface area contributed by atoms with Crippen LogP contribution in [0.15, 0.2) is 48.5 Å². The van der Waals surface area contributed by atoms with Crippen molar-refractivity contribution in [3.05, 3.63) is 71.0 Å². The fraction of sp³-hybridized carbons (Fsp3) is 0.250. The van der Waals surface area contributed by atoms with E-state index in [1.54, 1.807) is 18.2 Å². The molecule has 1 aliphatic rings. The lowest BCUT2D eigenvalue weighted by Crippen LogP contribution is -2.29. The number of carbonyl (C=O) groups is 1. The Bertz CT molecular complexity index is 770. The first kappa shape index (κ1) is 16.2. The van der Waals surface area contributed by atoms with Crippen molar-refractivity contribution in [1.82, 2.24) is 5.32 Å². The fourth-order valence-electron chi connectivity index (χ4n) is 3.08. The maximum Gasteiger partial charge on any atom is 0.244 e. The highest BCUT2D eigenvalue weighted by atomic mass is 19.1. The monoisotopic (exact) mass is 325 g/mol. The summed E-state index contributed by atoms with van der Waals surface area (Å²) in [5.74, 6) is -0.426. The van der Waals surface area contributed by atoms with Crippen molar-refractivity contribution in [3.8, 4) is 5.75 Å². The van der Waals surface area contributed by atoms with E-state index >= 15 is 0 Å². The predicted octanol–water partition coefficient (Wildman–Crippen LogP) is 4.04. The molecule has 124 valence electrons. The van der Waals surface area contributed by atoms with Crippen molar-refractivity contribution >= 4 is 12.0 Å². The van der Waals surface area contributed by atoms with Crippen LogP contribution in [0, 0.1) is 5.82 Å². The molecule has 0 aromatic heterocycles. The Morgan fingerprint density at radius 1 is 1.29 bits per heavy atom. The van der Waals surface area contributed by atoms with Crippen molar-refractivity contribution in [3.63, 3.8) is 0 Å². The van der Waals surface area contributed by atoms with Gasteiger partial charge in [-0.1, -0.05) is 30.3 Å². The van der Waals surface area contributed by atoms with Crippen LogP contribution in [-0.4, -0.2) is 13.0 Å². The van der Waals surface area contributed by atoms with Crippen LogP contribution in [0.4, 0.5) is 4.39 Å². The molecule has 0 aliphatic heterocycles. The number of halogens is 1. The number of rotatable bonds is 4. The van der Waals surface area contributed by atoms with Crippen molar-refractivity contribution in [2.45, 2.75) is 25.3 Å². The number of methoxy groups -OCH3 is 1. The molecule has 0 radical (unpaired) electrons. The zero-order valence-electron chi connectivity index (χ0n) is 13.6. The largest absolute Gasteiger partial charge is 0.494 e. The van der Waals surface area contributed by atoms with E-state index in [2.05, 4.69) is 17.4 Å². The van der Waals surface area contributed by atoms with Gasteiger partial charge < -0.3 is 10.1 Å². The highest BCUT2D eigenvalue weighted by Gasteiger charge is 2.20. The predicted molar refractivity (Wildman–Crippen MR) is 92.2 cm³/mol. The maximum absolute atomic E-state index is 13.7. The Morgan fingerprint density at radius 3 is 2.92 bits per heavy atom. The Kier molecular flexibility index (Phi) is 4.94. The molecule has 4 heteroatoms. The van der Waals surface area contributed by atoms with Crippen LogP contribution in [0.3, 0.4) is 0 Å². The van der Waals surface area contributed by atoms with Gasteiger partial charge in [0, 0.05) is 6.08 Å². The van der Waals surface area contributed by atoms with Gasteiger partial charge in [-0.05, 0) is 54.2 Å². The van der Waals surface area contributed by atoms with Crippen LogP contribution in [0.1, 0.15) is 35.6 Å². The molecule has 1 atom stereocenters. The SMILES string of the molecule is COc1ccc(/C=C/C(=O)N[C@@H]2CCCc3ccccc32)cc1F. The zero-order valence-corrected chi connectivity index (χ0v) is 13.6. The van der Waals surface area contributed by atoms with Crippen LogP contribution in [0.5, 0.6) is 5.75 Å². The summed E-state index contributed by atoms with van der Waals surface area (Å²) in [6.45, 7) is 0. The number of ether oxygens (including phenoxy) is 1. The van der Waals surface area contributed by atoms with Crippen LogP contribution >= 0.6 is 0 Å². The Labute approximate surface area is 141 Å². The zero-order chi connectivity index (χ0) is 16.9. The van der Waals surface area contributed by atoms with Crippen molar-refractivity contribution < 1.29 is 13.9 Å². The molecule has 0 saturated carbocycles. The van der Waals surface area contributed by atoms with Gasteiger partial charge in [0.1, 0.15) is 0 Å². The van der Waals surface area contributed by atoms with Gasteiger partial charge in [-0.25, -0.2) is 4.39 Å². The third-order valence-electron chi connectivity index (χ3n) is 4.29. The van der Waals surface area contributed by atoms with Gasteiger partial charge in [-0.15, -0.1) is 0 Å². The molecule has 24 heavy (non-hydrogen) atoms. The first-order valence-electron chi connectivity index (χ1n) is 8.07. The van der Waals surface area contributed by atoms with E-state index in [9.17, 15) is 9.18 Å². The molecule has 0 unspecified atom stereocenters. The molecular weight excluding hydrogens is 305 g/mol. The number of fused-ring (bicyclic) bond motifs is 1. The summed E-state index contributed by atoms with van der Waals surface area (Å²) >= 11 is 0. The van der Waals surface area contributed by atoms with Crippen molar-refractivity contribution in [2.75, 3.05) is 7.11 Å². The first-order chi connectivity index (χ1) is 11.7. The van der Waals surface area contributed by atoms with E-state index in [1.165, 1.54) is 30.4 Å². The molecule has 2 aromatic carbocycles. The van der Waals surface area contributed by atoms with E-state index < -0.39 is 5.82 Å². The Morgan fingerprint density at radius 2 is 2.12 bits per heavy atom. The summed E-state index contributed by atoms with van der Waals surface area (Å²) in [5.41, 5.74) is 3.11. The molecule has 1 aliphatic carbocycles.